The number of rotatable bonds is 3. The van der Waals surface area contributed by atoms with Crippen LogP contribution in [0.25, 0.3) is 0 Å². The Balaban J connectivity index is 2.15. The summed E-state index contributed by atoms with van der Waals surface area (Å²) in [7, 11) is 1.29. The number of methoxy groups -OCH3 is 1. The number of amides is 1. The largest absolute Gasteiger partial charge is 0.456 e. The lowest BCUT2D eigenvalue weighted by molar-refractivity contribution is 0.187. The van der Waals surface area contributed by atoms with Crippen LogP contribution >= 0.6 is 23.2 Å². The molecule has 104 valence electrons. The van der Waals surface area contributed by atoms with Gasteiger partial charge in [-0.25, -0.2) is 4.79 Å². The molecule has 0 aromatic heterocycles. The molecule has 2 rings (SSSR count). The minimum atomic E-state index is -0.565. The van der Waals surface area contributed by atoms with E-state index in [4.69, 9.17) is 27.9 Å². The molecule has 2 aromatic rings. The van der Waals surface area contributed by atoms with E-state index in [1.165, 1.54) is 7.11 Å². The molecular weight excluding hydrogens is 301 g/mol. The lowest BCUT2D eigenvalue weighted by Gasteiger charge is -2.10. The van der Waals surface area contributed by atoms with Gasteiger partial charge in [-0.3, -0.25) is 5.32 Å². The van der Waals surface area contributed by atoms with Crippen LogP contribution in [0.2, 0.25) is 10.0 Å². The van der Waals surface area contributed by atoms with Gasteiger partial charge in [-0.2, -0.15) is 0 Å². The van der Waals surface area contributed by atoms with E-state index in [1.54, 1.807) is 42.5 Å². The second kappa shape index (κ2) is 6.50. The van der Waals surface area contributed by atoms with Gasteiger partial charge in [0.15, 0.2) is 0 Å². The van der Waals surface area contributed by atoms with E-state index in [2.05, 4.69) is 10.1 Å². The molecule has 0 atom stereocenters. The number of nitrogens with one attached hydrogen (secondary N) is 1. The van der Waals surface area contributed by atoms with E-state index in [0.717, 1.165) is 0 Å². The van der Waals surface area contributed by atoms with Crippen molar-refractivity contribution < 1.29 is 14.3 Å². The quantitative estimate of drug-likeness (QED) is 0.871. The van der Waals surface area contributed by atoms with Crippen molar-refractivity contribution in [1.82, 2.24) is 0 Å². The maximum atomic E-state index is 11.1. The summed E-state index contributed by atoms with van der Waals surface area (Å²) in [6.45, 7) is 0. The Bertz CT molecular complexity index is 632. The molecule has 0 bridgehead atoms. The summed E-state index contributed by atoms with van der Waals surface area (Å²) >= 11 is 12.0. The number of carbonyl (C=O) groups excluding carboxylic acids is 1. The third-order valence-corrected chi connectivity index (χ3v) is 2.92. The summed E-state index contributed by atoms with van der Waals surface area (Å²) < 4.78 is 10.1. The van der Waals surface area contributed by atoms with Crippen LogP contribution in [0.3, 0.4) is 0 Å². The van der Waals surface area contributed by atoms with Gasteiger partial charge in [0.2, 0.25) is 0 Å². The van der Waals surface area contributed by atoms with Crippen LogP contribution in [0.1, 0.15) is 0 Å². The first-order chi connectivity index (χ1) is 9.58. The minimum Gasteiger partial charge on any atom is -0.456 e. The van der Waals surface area contributed by atoms with Gasteiger partial charge in [0.05, 0.1) is 12.1 Å². The van der Waals surface area contributed by atoms with Crippen molar-refractivity contribution >= 4 is 35.0 Å². The van der Waals surface area contributed by atoms with Crippen molar-refractivity contribution in [2.45, 2.75) is 0 Å². The van der Waals surface area contributed by atoms with E-state index in [-0.39, 0.29) is 0 Å². The van der Waals surface area contributed by atoms with Gasteiger partial charge in [0.25, 0.3) is 0 Å². The van der Waals surface area contributed by atoms with Crippen molar-refractivity contribution in [3.05, 3.63) is 52.5 Å². The molecule has 4 nitrogen and oxygen atoms in total. The molecule has 0 heterocycles. The first-order valence-corrected chi connectivity index (χ1v) is 6.42. The lowest BCUT2D eigenvalue weighted by atomic mass is 10.3. The van der Waals surface area contributed by atoms with Crippen LogP contribution in [0.5, 0.6) is 11.5 Å². The second-order valence-electron chi connectivity index (χ2n) is 3.82. The molecule has 0 fully saturated rings. The maximum Gasteiger partial charge on any atom is 0.411 e. The molecule has 0 radical (unpaired) electrons. The van der Waals surface area contributed by atoms with Gasteiger partial charge in [0.1, 0.15) is 11.5 Å². The normalized spacial score (nSPS) is 9.95. The summed E-state index contributed by atoms with van der Waals surface area (Å²) in [5, 5.41) is 3.44. The van der Waals surface area contributed by atoms with Gasteiger partial charge in [-0.05, 0) is 36.4 Å². The zero-order valence-electron chi connectivity index (χ0n) is 10.5. The standard InChI is InChI=1S/C14H11Cl2NO3/c1-19-14(18)17-10-5-6-13(12(16)8-10)20-11-4-2-3-9(15)7-11/h2-8H,1H3,(H,17,18). The monoisotopic (exact) mass is 311 g/mol. The Kier molecular flexibility index (Phi) is 4.71. The molecule has 0 saturated carbocycles. The van der Waals surface area contributed by atoms with Crippen LogP contribution < -0.4 is 10.1 Å². The first kappa shape index (κ1) is 14.5. The van der Waals surface area contributed by atoms with Crippen LogP contribution in [0.15, 0.2) is 42.5 Å². The van der Waals surface area contributed by atoms with Crippen LogP contribution in [-0.4, -0.2) is 13.2 Å². The summed E-state index contributed by atoms with van der Waals surface area (Å²) in [6, 6.07) is 11.8. The average Bonchev–Trinajstić information content (AvgIpc) is 2.42. The number of anilines is 1. The Morgan fingerprint density at radius 1 is 1.15 bits per heavy atom. The zero-order valence-corrected chi connectivity index (χ0v) is 12.0. The first-order valence-electron chi connectivity index (χ1n) is 5.66. The molecule has 0 aliphatic rings. The number of hydrogen-bond acceptors (Lipinski definition) is 3. The smallest absolute Gasteiger partial charge is 0.411 e. The highest BCUT2D eigenvalue weighted by Crippen LogP contribution is 2.32. The van der Waals surface area contributed by atoms with Gasteiger partial charge in [-0.15, -0.1) is 0 Å². The van der Waals surface area contributed by atoms with E-state index in [1.807, 2.05) is 0 Å². The summed E-state index contributed by atoms with van der Waals surface area (Å²) in [4.78, 5) is 11.1. The number of halogens is 2. The SMILES string of the molecule is COC(=O)Nc1ccc(Oc2cccc(Cl)c2)c(Cl)c1. The molecular formula is C14H11Cl2NO3. The highest BCUT2D eigenvalue weighted by atomic mass is 35.5. The minimum absolute atomic E-state index is 0.360. The Hall–Kier alpha value is -1.91. The highest BCUT2D eigenvalue weighted by molar-refractivity contribution is 6.32. The number of benzene rings is 2. The van der Waals surface area contributed by atoms with Crippen molar-refractivity contribution in [3.63, 3.8) is 0 Å². The van der Waals surface area contributed by atoms with E-state index in [9.17, 15) is 4.79 Å². The van der Waals surface area contributed by atoms with Gasteiger partial charge in [-0.1, -0.05) is 29.3 Å². The zero-order chi connectivity index (χ0) is 14.5. The summed E-state index contributed by atoms with van der Waals surface area (Å²) in [5.41, 5.74) is 0.514. The van der Waals surface area contributed by atoms with Crippen molar-refractivity contribution in [2.75, 3.05) is 12.4 Å². The average molecular weight is 312 g/mol. The highest BCUT2D eigenvalue weighted by Gasteiger charge is 2.07. The van der Waals surface area contributed by atoms with Crippen molar-refractivity contribution in [3.8, 4) is 11.5 Å². The fourth-order valence-corrected chi connectivity index (χ4v) is 1.89. The predicted molar refractivity (Wildman–Crippen MR) is 79.0 cm³/mol. The van der Waals surface area contributed by atoms with Crippen molar-refractivity contribution in [1.29, 1.82) is 0 Å². The topological polar surface area (TPSA) is 47.6 Å². The molecule has 6 heteroatoms. The fraction of sp³-hybridized carbons (Fsp3) is 0.0714. The maximum absolute atomic E-state index is 11.1. The van der Waals surface area contributed by atoms with E-state index in [0.29, 0.717) is 27.2 Å². The second-order valence-corrected chi connectivity index (χ2v) is 4.66. The fourth-order valence-electron chi connectivity index (χ4n) is 1.49. The molecule has 1 amide bonds. The number of hydrogen-bond donors (Lipinski definition) is 1. The Morgan fingerprint density at radius 2 is 1.95 bits per heavy atom. The van der Waals surface area contributed by atoms with Gasteiger partial charge in [0, 0.05) is 10.7 Å². The summed E-state index contributed by atoms with van der Waals surface area (Å²) in [6.07, 6.45) is -0.565. The van der Waals surface area contributed by atoms with Crippen LogP contribution in [-0.2, 0) is 4.74 Å². The Morgan fingerprint density at radius 3 is 2.60 bits per heavy atom. The van der Waals surface area contributed by atoms with Gasteiger partial charge >= 0.3 is 6.09 Å². The molecule has 1 N–H and O–H groups in total. The number of ether oxygens (including phenoxy) is 2. The molecule has 0 aliphatic carbocycles. The van der Waals surface area contributed by atoms with E-state index < -0.39 is 6.09 Å². The summed E-state index contributed by atoms with van der Waals surface area (Å²) in [5.74, 6) is 1.04. The van der Waals surface area contributed by atoms with E-state index >= 15 is 0 Å². The lowest BCUT2D eigenvalue weighted by Crippen LogP contribution is -2.10. The molecule has 0 spiro atoms. The van der Waals surface area contributed by atoms with Crippen LogP contribution in [0.4, 0.5) is 10.5 Å². The molecule has 20 heavy (non-hydrogen) atoms. The molecule has 2 aromatic carbocycles. The number of carbonyl (C=O) groups is 1. The predicted octanol–water partition coefficient (Wildman–Crippen LogP) is 4.96. The molecule has 0 saturated heterocycles. The molecule has 0 unspecified atom stereocenters. The third kappa shape index (κ3) is 3.79. The van der Waals surface area contributed by atoms with Crippen molar-refractivity contribution in [2.24, 2.45) is 0 Å². The van der Waals surface area contributed by atoms with Crippen LogP contribution in [0, 0.1) is 0 Å². The van der Waals surface area contributed by atoms with Gasteiger partial charge < -0.3 is 9.47 Å². The third-order valence-electron chi connectivity index (χ3n) is 2.39. The Labute approximate surface area is 126 Å². The molecule has 0 aliphatic heterocycles.